The van der Waals surface area contributed by atoms with E-state index >= 15 is 0 Å². The van der Waals surface area contributed by atoms with E-state index in [9.17, 15) is 4.79 Å². The van der Waals surface area contributed by atoms with Crippen molar-refractivity contribution in [3.05, 3.63) is 41.0 Å². The Kier molecular flexibility index (Phi) is 2.04. The van der Waals surface area contributed by atoms with Crippen LogP contribution in [0.25, 0.3) is 16.8 Å². The first-order valence-electron chi connectivity index (χ1n) is 4.72. The quantitative estimate of drug-likeness (QED) is 0.633. The number of rotatable bonds is 2. The number of fused-ring (bicyclic) bond motifs is 1. The van der Waals surface area contributed by atoms with Crippen molar-refractivity contribution in [2.24, 2.45) is 0 Å². The number of pyridine rings is 1. The van der Waals surface area contributed by atoms with Crippen LogP contribution >= 0.6 is 11.3 Å². The molecule has 3 rings (SSSR count). The highest BCUT2D eigenvalue weighted by Crippen LogP contribution is 2.25. The zero-order valence-electron chi connectivity index (χ0n) is 8.20. The summed E-state index contributed by atoms with van der Waals surface area (Å²) in [7, 11) is 0. The van der Waals surface area contributed by atoms with E-state index in [4.69, 9.17) is 0 Å². The van der Waals surface area contributed by atoms with Crippen molar-refractivity contribution in [1.29, 1.82) is 0 Å². The maximum atomic E-state index is 10.6. The van der Waals surface area contributed by atoms with Crippen molar-refractivity contribution in [2.75, 3.05) is 0 Å². The molecule has 0 spiro atoms. The molecule has 0 radical (unpaired) electrons. The van der Waals surface area contributed by atoms with Crippen LogP contribution in [0.4, 0.5) is 0 Å². The van der Waals surface area contributed by atoms with Gasteiger partial charge in [0, 0.05) is 17.1 Å². The molecule has 4 nitrogen and oxygen atoms in total. The number of aromatic nitrogens is 3. The van der Waals surface area contributed by atoms with E-state index in [0.717, 1.165) is 23.1 Å². The molecule has 0 atom stereocenters. The number of thiazole rings is 1. The topological polar surface area (TPSA) is 47.3 Å². The Labute approximate surface area is 95.2 Å². The second kappa shape index (κ2) is 3.53. The van der Waals surface area contributed by atoms with Gasteiger partial charge >= 0.3 is 0 Å². The van der Waals surface area contributed by atoms with Gasteiger partial charge in [-0.1, -0.05) is 6.07 Å². The van der Waals surface area contributed by atoms with Gasteiger partial charge in [0.15, 0.2) is 11.3 Å². The van der Waals surface area contributed by atoms with Crippen LogP contribution in [0.5, 0.6) is 0 Å². The molecule has 0 aliphatic rings. The third-order valence-electron chi connectivity index (χ3n) is 2.33. The smallest absolute Gasteiger partial charge is 0.178 e. The second-order valence-electron chi connectivity index (χ2n) is 3.28. The van der Waals surface area contributed by atoms with Gasteiger partial charge < -0.3 is 0 Å². The van der Waals surface area contributed by atoms with Crippen molar-refractivity contribution in [3.8, 4) is 11.3 Å². The van der Waals surface area contributed by atoms with Gasteiger partial charge in [-0.05, 0) is 12.1 Å². The summed E-state index contributed by atoms with van der Waals surface area (Å²) in [5.41, 5.74) is 2.74. The summed E-state index contributed by atoms with van der Waals surface area (Å²) in [5, 5.41) is 6.58. The largest absolute Gasteiger partial charge is 0.295 e. The standard InChI is InChI=1S/C11H7N3OS/c15-6-11-13-9(7-16-11)8-5-12-14-4-2-1-3-10(8)14/h1-7H. The minimum Gasteiger partial charge on any atom is -0.295 e. The lowest BCUT2D eigenvalue weighted by Gasteiger charge is -1.93. The maximum Gasteiger partial charge on any atom is 0.178 e. The Bertz CT molecular complexity index is 656. The van der Waals surface area contributed by atoms with Crippen LogP contribution in [-0.2, 0) is 0 Å². The van der Waals surface area contributed by atoms with E-state index in [-0.39, 0.29) is 0 Å². The Morgan fingerprint density at radius 1 is 1.38 bits per heavy atom. The highest BCUT2D eigenvalue weighted by molar-refractivity contribution is 7.11. The summed E-state index contributed by atoms with van der Waals surface area (Å²) >= 11 is 1.34. The molecule has 0 aliphatic carbocycles. The predicted molar refractivity (Wildman–Crippen MR) is 61.7 cm³/mol. The van der Waals surface area contributed by atoms with Crippen LogP contribution in [0.3, 0.4) is 0 Å². The molecule has 3 aromatic rings. The van der Waals surface area contributed by atoms with E-state index in [1.165, 1.54) is 11.3 Å². The van der Waals surface area contributed by atoms with Crippen molar-refractivity contribution < 1.29 is 4.79 Å². The monoisotopic (exact) mass is 229 g/mol. The Hall–Kier alpha value is -2.01. The first-order chi connectivity index (χ1) is 7.88. The highest BCUT2D eigenvalue weighted by atomic mass is 32.1. The number of nitrogens with zero attached hydrogens (tertiary/aromatic N) is 3. The summed E-state index contributed by atoms with van der Waals surface area (Å²) in [6, 6.07) is 5.84. The lowest BCUT2D eigenvalue weighted by molar-refractivity contribution is 0.112. The van der Waals surface area contributed by atoms with Crippen molar-refractivity contribution in [3.63, 3.8) is 0 Å². The van der Waals surface area contributed by atoms with Crippen molar-refractivity contribution in [2.45, 2.75) is 0 Å². The van der Waals surface area contributed by atoms with Crippen LogP contribution in [0.15, 0.2) is 36.0 Å². The van der Waals surface area contributed by atoms with Crippen LogP contribution in [0, 0.1) is 0 Å². The summed E-state index contributed by atoms with van der Waals surface area (Å²) in [5.74, 6) is 0. The first kappa shape index (κ1) is 9.23. The molecule has 3 aromatic heterocycles. The maximum absolute atomic E-state index is 10.6. The van der Waals surface area contributed by atoms with Gasteiger partial charge in [0.1, 0.15) is 0 Å². The fraction of sp³-hybridized carbons (Fsp3) is 0. The minimum atomic E-state index is 0.491. The summed E-state index contributed by atoms with van der Waals surface area (Å²) in [6.07, 6.45) is 4.41. The summed E-state index contributed by atoms with van der Waals surface area (Å²) < 4.78 is 1.79. The molecule has 0 unspecified atom stereocenters. The number of hydrogen-bond donors (Lipinski definition) is 0. The third-order valence-corrected chi connectivity index (χ3v) is 3.10. The Balaban J connectivity index is 2.21. The molecular formula is C11H7N3OS. The van der Waals surface area contributed by atoms with E-state index in [0.29, 0.717) is 5.01 Å². The summed E-state index contributed by atoms with van der Waals surface area (Å²) in [6.45, 7) is 0. The molecule has 0 aliphatic heterocycles. The van der Waals surface area contributed by atoms with Gasteiger partial charge in [0.2, 0.25) is 0 Å². The Morgan fingerprint density at radius 3 is 3.12 bits per heavy atom. The molecule has 0 saturated heterocycles. The summed E-state index contributed by atoms with van der Waals surface area (Å²) in [4.78, 5) is 14.8. The zero-order chi connectivity index (χ0) is 11.0. The molecule has 0 N–H and O–H groups in total. The van der Waals surface area contributed by atoms with E-state index < -0.39 is 0 Å². The molecule has 0 amide bonds. The lowest BCUT2D eigenvalue weighted by Crippen LogP contribution is -1.84. The molecule has 0 aromatic carbocycles. The molecule has 0 fully saturated rings. The fourth-order valence-corrected chi connectivity index (χ4v) is 2.22. The molecule has 0 saturated carbocycles. The van der Waals surface area contributed by atoms with Gasteiger partial charge in [-0.3, -0.25) is 4.79 Å². The third kappa shape index (κ3) is 1.33. The van der Waals surface area contributed by atoms with E-state index in [2.05, 4.69) is 10.1 Å². The van der Waals surface area contributed by atoms with Crippen LogP contribution in [0.1, 0.15) is 9.80 Å². The average Bonchev–Trinajstić information content (AvgIpc) is 2.94. The van der Waals surface area contributed by atoms with Gasteiger partial charge in [0.05, 0.1) is 17.4 Å². The Morgan fingerprint density at radius 2 is 2.31 bits per heavy atom. The molecule has 5 heteroatoms. The fourth-order valence-electron chi connectivity index (χ4n) is 1.60. The van der Waals surface area contributed by atoms with Crippen LogP contribution in [0.2, 0.25) is 0 Å². The van der Waals surface area contributed by atoms with Crippen molar-refractivity contribution in [1.82, 2.24) is 14.6 Å². The van der Waals surface area contributed by atoms with E-state index in [1.54, 1.807) is 10.7 Å². The second-order valence-corrected chi connectivity index (χ2v) is 4.17. The number of carbonyl (C=O) groups is 1. The number of aldehydes is 1. The van der Waals surface area contributed by atoms with E-state index in [1.807, 2.05) is 29.8 Å². The van der Waals surface area contributed by atoms with Crippen molar-refractivity contribution >= 4 is 23.1 Å². The molecule has 78 valence electrons. The minimum absolute atomic E-state index is 0.491. The predicted octanol–water partition coefficient (Wildman–Crippen LogP) is 2.27. The molecule has 0 bridgehead atoms. The molecular weight excluding hydrogens is 222 g/mol. The first-order valence-corrected chi connectivity index (χ1v) is 5.60. The average molecular weight is 229 g/mol. The van der Waals surface area contributed by atoms with Crippen LogP contribution < -0.4 is 0 Å². The zero-order valence-corrected chi connectivity index (χ0v) is 9.02. The normalized spacial score (nSPS) is 10.8. The lowest BCUT2D eigenvalue weighted by atomic mass is 10.2. The SMILES string of the molecule is O=Cc1nc(-c2cnn3ccccc23)cs1. The van der Waals surface area contributed by atoms with Gasteiger partial charge in [0.25, 0.3) is 0 Å². The van der Waals surface area contributed by atoms with Gasteiger partial charge in [-0.15, -0.1) is 11.3 Å². The van der Waals surface area contributed by atoms with Crippen LogP contribution in [-0.4, -0.2) is 20.9 Å². The number of carbonyl (C=O) groups excluding carboxylic acids is 1. The molecule has 3 heterocycles. The highest BCUT2D eigenvalue weighted by Gasteiger charge is 2.09. The van der Waals surface area contributed by atoms with Gasteiger partial charge in [-0.25, -0.2) is 9.50 Å². The molecule has 16 heavy (non-hydrogen) atoms. The van der Waals surface area contributed by atoms with Gasteiger partial charge in [-0.2, -0.15) is 5.10 Å². The number of hydrogen-bond acceptors (Lipinski definition) is 4.